The van der Waals surface area contributed by atoms with E-state index >= 15 is 0 Å². The first-order valence-electron chi connectivity index (χ1n) is 7.90. The van der Waals surface area contributed by atoms with Crippen molar-refractivity contribution in [2.45, 2.75) is 5.92 Å². The summed E-state index contributed by atoms with van der Waals surface area (Å²) >= 11 is 3.44. The molecule has 0 spiro atoms. The average molecular weight is 379 g/mol. The summed E-state index contributed by atoms with van der Waals surface area (Å²) < 4.78 is 1.03. The minimum Gasteiger partial charge on any atom is -0.384 e. The summed E-state index contributed by atoms with van der Waals surface area (Å²) in [5, 5.41) is 0. The molecule has 0 aliphatic rings. The molecule has 0 radical (unpaired) electrons. The number of nitrogens with two attached hydrogens (primary N) is 1. The van der Waals surface area contributed by atoms with E-state index in [2.05, 4.69) is 69.5 Å². The van der Waals surface area contributed by atoms with Gasteiger partial charge in [0.25, 0.3) is 0 Å². The third kappa shape index (κ3) is 4.12. The maximum Gasteiger partial charge on any atom is 0.125 e. The third-order valence-corrected chi connectivity index (χ3v) is 4.52. The number of hydrogen-bond acceptors (Lipinski definition) is 1. The van der Waals surface area contributed by atoms with Crippen molar-refractivity contribution in [2.24, 2.45) is 10.7 Å². The smallest absolute Gasteiger partial charge is 0.125 e. The molecule has 3 aromatic rings. The Morgan fingerprint density at radius 3 is 1.79 bits per heavy atom. The molecule has 24 heavy (non-hydrogen) atoms. The van der Waals surface area contributed by atoms with Crippen molar-refractivity contribution in [3.63, 3.8) is 0 Å². The molecule has 0 atom stereocenters. The number of rotatable bonds is 5. The molecule has 0 saturated carbocycles. The molecule has 3 heteroatoms. The monoisotopic (exact) mass is 378 g/mol. The van der Waals surface area contributed by atoms with Crippen LogP contribution in [0.2, 0.25) is 0 Å². The second kappa shape index (κ2) is 7.93. The molecule has 0 aliphatic carbocycles. The van der Waals surface area contributed by atoms with Gasteiger partial charge in [-0.3, -0.25) is 4.99 Å². The lowest BCUT2D eigenvalue weighted by Gasteiger charge is -2.16. The van der Waals surface area contributed by atoms with Gasteiger partial charge in [0, 0.05) is 16.0 Å². The quantitative estimate of drug-likeness (QED) is 0.493. The minimum absolute atomic E-state index is 0.196. The molecular formula is C21H19BrN2. The van der Waals surface area contributed by atoms with Gasteiger partial charge >= 0.3 is 0 Å². The van der Waals surface area contributed by atoms with E-state index in [1.807, 2.05) is 36.4 Å². The van der Waals surface area contributed by atoms with Gasteiger partial charge in [-0.2, -0.15) is 0 Å². The van der Waals surface area contributed by atoms with Gasteiger partial charge in [0.1, 0.15) is 5.84 Å². The summed E-state index contributed by atoms with van der Waals surface area (Å²) in [4.78, 5) is 4.66. The zero-order valence-electron chi connectivity index (χ0n) is 13.3. The van der Waals surface area contributed by atoms with E-state index in [9.17, 15) is 0 Å². The van der Waals surface area contributed by atoms with Crippen molar-refractivity contribution in [3.8, 4) is 0 Å². The van der Waals surface area contributed by atoms with Crippen LogP contribution in [-0.4, -0.2) is 12.4 Å². The standard InChI is InChI=1S/C21H19BrN2/c22-19-13-11-18(12-14-19)21(23)24-15-20(16-7-3-1-4-8-16)17-9-5-2-6-10-17/h1-14,20H,15H2,(H2,23,24). The van der Waals surface area contributed by atoms with Gasteiger partial charge in [0.2, 0.25) is 0 Å². The molecule has 120 valence electrons. The lowest BCUT2D eigenvalue weighted by atomic mass is 9.91. The summed E-state index contributed by atoms with van der Waals surface area (Å²) in [5.74, 6) is 0.765. The lowest BCUT2D eigenvalue weighted by Crippen LogP contribution is -2.16. The van der Waals surface area contributed by atoms with E-state index in [0.717, 1.165) is 10.0 Å². The molecule has 0 bridgehead atoms. The first kappa shape index (κ1) is 16.5. The second-order valence-electron chi connectivity index (χ2n) is 5.61. The van der Waals surface area contributed by atoms with Crippen LogP contribution in [0.1, 0.15) is 22.6 Å². The topological polar surface area (TPSA) is 38.4 Å². The number of nitrogens with zero attached hydrogens (tertiary/aromatic N) is 1. The third-order valence-electron chi connectivity index (χ3n) is 3.99. The Morgan fingerprint density at radius 1 is 0.792 bits per heavy atom. The van der Waals surface area contributed by atoms with E-state index in [1.165, 1.54) is 11.1 Å². The van der Waals surface area contributed by atoms with Crippen LogP contribution in [0.15, 0.2) is 94.4 Å². The fraction of sp³-hybridized carbons (Fsp3) is 0.0952. The van der Waals surface area contributed by atoms with E-state index in [1.54, 1.807) is 0 Å². The van der Waals surface area contributed by atoms with E-state index in [0.29, 0.717) is 12.4 Å². The molecule has 2 nitrogen and oxygen atoms in total. The van der Waals surface area contributed by atoms with Crippen molar-refractivity contribution in [3.05, 3.63) is 106 Å². The lowest BCUT2D eigenvalue weighted by molar-refractivity contribution is 0.819. The SMILES string of the molecule is NC(=NCC(c1ccccc1)c1ccccc1)c1ccc(Br)cc1. The first-order chi connectivity index (χ1) is 11.7. The van der Waals surface area contributed by atoms with Crippen LogP contribution in [0.5, 0.6) is 0 Å². The Morgan fingerprint density at radius 2 is 1.29 bits per heavy atom. The average Bonchev–Trinajstić information content (AvgIpc) is 2.64. The van der Waals surface area contributed by atoms with Gasteiger partial charge in [-0.1, -0.05) is 88.7 Å². The van der Waals surface area contributed by atoms with Gasteiger partial charge in [-0.25, -0.2) is 0 Å². The predicted molar refractivity (Wildman–Crippen MR) is 104 cm³/mol. The van der Waals surface area contributed by atoms with Crippen LogP contribution in [-0.2, 0) is 0 Å². The molecule has 3 aromatic carbocycles. The Hall–Kier alpha value is -2.39. The molecule has 0 aliphatic heterocycles. The van der Waals surface area contributed by atoms with Crippen LogP contribution < -0.4 is 5.73 Å². The fourth-order valence-corrected chi connectivity index (χ4v) is 2.94. The maximum absolute atomic E-state index is 6.18. The normalized spacial score (nSPS) is 11.7. The van der Waals surface area contributed by atoms with Crippen molar-refractivity contribution >= 4 is 21.8 Å². The Bertz CT molecular complexity index is 757. The van der Waals surface area contributed by atoms with Crippen LogP contribution in [0, 0.1) is 0 Å². The molecule has 0 fully saturated rings. The first-order valence-corrected chi connectivity index (χ1v) is 8.69. The summed E-state index contributed by atoms with van der Waals surface area (Å²) in [5.41, 5.74) is 9.62. The highest BCUT2D eigenvalue weighted by Crippen LogP contribution is 2.25. The number of halogens is 1. The van der Waals surface area contributed by atoms with E-state index < -0.39 is 0 Å². The number of amidine groups is 1. The molecule has 0 heterocycles. The zero-order chi connectivity index (χ0) is 16.8. The summed E-state index contributed by atoms with van der Waals surface area (Å²) in [6.45, 7) is 0.621. The zero-order valence-corrected chi connectivity index (χ0v) is 14.9. The van der Waals surface area contributed by atoms with Gasteiger partial charge in [-0.05, 0) is 23.3 Å². The van der Waals surface area contributed by atoms with Crippen molar-refractivity contribution in [1.82, 2.24) is 0 Å². The minimum atomic E-state index is 0.196. The molecule has 2 N–H and O–H groups in total. The Balaban J connectivity index is 1.87. The van der Waals surface area contributed by atoms with Crippen LogP contribution in [0.25, 0.3) is 0 Å². The molecular weight excluding hydrogens is 360 g/mol. The maximum atomic E-state index is 6.18. The van der Waals surface area contributed by atoms with Crippen LogP contribution in [0.4, 0.5) is 0 Å². The fourth-order valence-electron chi connectivity index (χ4n) is 2.68. The highest BCUT2D eigenvalue weighted by atomic mass is 79.9. The largest absolute Gasteiger partial charge is 0.384 e. The number of aliphatic imine (C=N–C) groups is 1. The summed E-state index contributed by atoms with van der Waals surface area (Å²) in [6.07, 6.45) is 0. The van der Waals surface area contributed by atoms with Gasteiger partial charge in [0.15, 0.2) is 0 Å². The molecule has 0 aromatic heterocycles. The summed E-state index contributed by atoms with van der Waals surface area (Å²) in [7, 11) is 0. The van der Waals surface area contributed by atoms with Crippen molar-refractivity contribution < 1.29 is 0 Å². The van der Waals surface area contributed by atoms with Gasteiger partial charge < -0.3 is 5.73 Å². The Labute approximate surface area is 151 Å². The predicted octanol–water partition coefficient (Wildman–Crippen LogP) is 4.99. The molecule has 0 saturated heterocycles. The van der Waals surface area contributed by atoms with Gasteiger partial charge in [-0.15, -0.1) is 0 Å². The summed E-state index contributed by atoms with van der Waals surface area (Å²) in [6, 6.07) is 28.8. The number of hydrogen-bond donors (Lipinski definition) is 1. The molecule has 0 amide bonds. The van der Waals surface area contributed by atoms with E-state index in [-0.39, 0.29) is 5.92 Å². The van der Waals surface area contributed by atoms with Gasteiger partial charge in [0.05, 0.1) is 6.54 Å². The van der Waals surface area contributed by atoms with Crippen molar-refractivity contribution in [2.75, 3.05) is 6.54 Å². The highest BCUT2D eigenvalue weighted by Gasteiger charge is 2.13. The molecule has 3 rings (SSSR count). The number of benzene rings is 3. The molecule has 0 unspecified atom stereocenters. The highest BCUT2D eigenvalue weighted by molar-refractivity contribution is 9.10. The van der Waals surface area contributed by atoms with E-state index in [4.69, 9.17) is 5.73 Å². The van der Waals surface area contributed by atoms with Crippen LogP contribution >= 0.6 is 15.9 Å². The second-order valence-corrected chi connectivity index (χ2v) is 6.52. The van der Waals surface area contributed by atoms with Crippen molar-refractivity contribution in [1.29, 1.82) is 0 Å². The van der Waals surface area contributed by atoms with Crippen LogP contribution in [0.3, 0.4) is 0 Å². The Kier molecular flexibility index (Phi) is 5.44.